The van der Waals surface area contributed by atoms with E-state index >= 15 is 0 Å². The van der Waals surface area contributed by atoms with Crippen LogP contribution in [0.5, 0.6) is 0 Å². The van der Waals surface area contributed by atoms with E-state index in [4.69, 9.17) is 12.2 Å². The Bertz CT molecular complexity index is 840. The fourth-order valence-electron chi connectivity index (χ4n) is 2.62. The second-order valence-corrected chi connectivity index (χ2v) is 6.82. The number of carbonyl (C=O) groups is 2. The Kier molecular flexibility index (Phi) is 6.68. The Morgan fingerprint density at radius 3 is 2.73 bits per heavy atom. The molecule has 0 aliphatic carbocycles. The number of aromatic amines is 1. The summed E-state index contributed by atoms with van der Waals surface area (Å²) < 4.78 is 2.03. The summed E-state index contributed by atoms with van der Waals surface area (Å²) in [6.45, 7) is 8.10. The van der Waals surface area contributed by atoms with Crippen LogP contribution in [0, 0.1) is 11.7 Å². The minimum atomic E-state index is -0.183. The van der Waals surface area contributed by atoms with Crippen LogP contribution in [0.25, 0.3) is 11.4 Å². The second-order valence-electron chi connectivity index (χ2n) is 6.44. The van der Waals surface area contributed by atoms with Crippen molar-refractivity contribution in [3.63, 3.8) is 0 Å². The summed E-state index contributed by atoms with van der Waals surface area (Å²) in [5, 5.41) is 9.81. The van der Waals surface area contributed by atoms with Crippen LogP contribution in [0.2, 0.25) is 0 Å². The molecule has 0 unspecified atom stereocenters. The lowest BCUT2D eigenvalue weighted by Crippen LogP contribution is -2.43. The highest BCUT2D eigenvalue weighted by Gasteiger charge is 2.19. The maximum atomic E-state index is 12.7. The Labute approximate surface area is 158 Å². The molecule has 0 atom stereocenters. The molecule has 140 valence electrons. The largest absolute Gasteiger partial charge is 0.352 e. The Balaban J connectivity index is 2.19. The van der Waals surface area contributed by atoms with E-state index in [0.29, 0.717) is 17.1 Å². The van der Waals surface area contributed by atoms with Crippen LogP contribution >= 0.6 is 12.2 Å². The maximum Gasteiger partial charge on any atom is 0.243 e. The molecule has 0 radical (unpaired) electrons. The van der Waals surface area contributed by atoms with Crippen LogP contribution in [-0.4, -0.2) is 50.6 Å². The Hall–Kier alpha value is -2.48. The highest BCUT2D eigenvalue weighted by Crippen LogP contribution is 2.18. The first-order valence-electron chi connectivity index (χ1n) is 8.61. The number of H-pyrrole nitrogens is 1. The predicted octanol–water partition coefficient (Wildman–Crippen LogP) is 2.29. The van der Waals surface area contributed by atoms with Gasteiger partial charge in [-0.15, -0.1) is 0 Å². The van der Waals surface area contributed by atoms with Crippen LogP contribution in [-0.2, 0) is 16.1 Å². The number of nitrogens with zero attached hydrogens (tertiary/aromatic N) is 3. The van der Waals surface area contributed by atoms with Gasteiger partial charge in [-0.05, 0) is 46.0 Å². The first-order valence-corrected chi connectivity index (χ1v) is 9.02. The summed E-state index contributed by atoms with van der Waals surface area (Å²) >= 11 is 5.29. The molecule has 0 bridgehead atoms. The average molecular weight is 375 g/mol. The van der Waals surface area contributed by atoms with E-state index in [2.05, 4.69) is 15.5 Å². The van der Waals surface area contributed by atoms with Gasteiger partial charge in [0.05, 0.1) is 6.54 Å². The molecule has 0 fully saturated rings. The molecule has 2 N–H and O–H groups in total. The quantitative estimate of drug-likeness (QED) is 0.728. The van der Waals surface area contributed by atoms with Gasteiger partial charge < -0.3 is 10.2 Å². The minimum absolute atomic E-state index is 0.0263. The molecule has 0 aliphatic rings. The number of aromatic nitrogens is 3. The number of nitrogens with one attached hydrogen (secondary N) is 2. The first kappa shape index (κ1) is 19.8. The van der Waals surface area contributed by atoms with Gasteiger partial charge in [0.2, 0.25) is 11.8 Å². The van der Waals surface area contributed by atoms with Crippen LogP contribution in [0.3, 0.4) is 0 Å². The normalized spacial score (nSPS) is 10.8. The molecule has 0 saturated carbocycles. The summed E-state index contributed by atoms with van der Waals surface area (Å²) in [5.74, 6) is 0.248. The third kappa shape index (κ3) is 5.01. The van der Waals surface area contributed by atoms with Gasteiger partial charge in [-0.3, -0.25) is 19.3 Å². The molecule has 7 nitrogen and oxygen atoms in total. The summed E-state index contributed by atoms with van der Waals surface area (Å²) in [7, 11) is 0. The van der Waals surface area contributed by atoms with Gasteiger partial charge in [-0.1, -0.05) is 23.8 Å². The summed E-state index contributed by atoms with van der Waals surface area (Å²) in [6.07, 6.45) is 0. The van der Waals surface area contributed by atoms with Gasteiger partial charge in [-0.25, -0.2) is 0 Å². The second kappa shape index (κ2) is 8.75. The molecule has 1 aromatic heterocycles. The van der Waals surface area contributed by atoms with E-state index < -0.39 is 0 Å². The van der Waals surface area contributed by atoms with E-state index in [1.54, 1.807) is 4.57 Å². The van der Waals surface area contributed by atoms with E-state index in [9.17, 15) is 9.59 Å². The molecule has 8 heteroatoms. The van der Waals surface area contributed by atoms with Crippen molar-refractivity contribution in [3.05, 3.63) is 34.6 Å². The first-order chi connectivity index (χ1) is 12.3. The zero-order valence-electron chi connectivity index (χ0n) is 15.6. The van der Waals surface area contributed by atoms with Crippen molar-refractivity contribution in [1.82, 2.24) is 25.0 Å². The molecular formula is C18H25N5O2S. The van der Waals surface area contributed by atoms with Gasteiger partial charge in [0.15, 0.2) is 10.6 Å². The molecule has 1 aromatic carbocycles. The molecule has 2 rings (SSSR count). The summed E-state index contributed by atoms with van der Waals surface area (Å²) in [4.78, 5) is 26.2. The highest BCUT2D eigenvalue weighted by molar-refractivity contribution is 7.71. The number of aryl methyl sites for hydroxylation is 1. The molecule has 2 amide bonds. The van der Waals surface area contributed by atoms with Crippen LogP contribution < -0.4 is 5.32 Å². The Morgan fingerprint density at radius 2 is 2.12 bits per heavy atom. The lowest BCUT2D eigenvalue weighted by Gasteiger charge is -2.21. The maximum absolute atomic E-state index is 12.7. The van der Waals surface area contributed by atoms with Crippen LogP contribution in [0.1, 0.15) is 26.3 Å². The Morgan fingerprint density at radius 1 is 1.38 bits per heavy atom. The molecule has 2 aromatic rings. The minimum Gasteiger partial charge on any atom is -0.352 e. The van der Waals surface area contributed by atoms with E-state index in [1.165, 1.54) is 4.90 Å². The van der Waals surface area contributed by atoms with E-state index in [1.807, 2.05) is 52.0 Å². The molecule has 0 saturated heterocycles. The van der Waals surface area contributed by atoms with Crippen molar-refractivity contribution in [2.75, 3.05) is 13.1 Å². The van der Waals surface area contributed by atoms with Gasteiger partial charge in [0.1, 0.15) is 6.54 Å². The molecule has 26 heavy (non-hydrogen) atoms. The van der Waals surface area contributed by atoms with E-state index in [0.717, 1.165) is 11.1 Å². The fraction of sp³-hybridized carbons (Fsp3) is 0.444. The highest BCUT2D eigenvalue weighted by atomic mass is 32.1. The third-order valence-electron chi connectivity index (χ3n) is 3.85. The van der Waals surface area contributed by atoms with Crippen molar-refractivity contribution in [1.29, 1.82) is 0 Å². The third-order valence-corrected chi connectivity index (χ3v) is 4.16. The van der Waals surface area contributed by atoms with Gasteiger partial charge in [-0.2, -0.15) is 5.10 Å². The van der Waals surface area contributed by atoms with E-state index in [-0.39, 0.29) is 30.9 Å². The van der Waals surface area contributed by atoms with Crippen LogP contribution in [0.15, 0.2) is 24.3 Å². The van der Waals surface area contributed by atoms with Crippen molar-refractivity contribution in [3.8, 4) is 11.4 Å². The number of rotatable bonds is 7. The van der Waals surface area contributed by atoms with Crippen molar-refractivity contribution < 1.29 is 9.59 Å². The fourth-order valence-corrected chi connectivity index (χ4v) is 2.82. The van der Waals surface area contributed by atoms with Crippen molar-refractivity contribution in [2.24, 2.45) is 0 Å². The number of likely N-dealkylation sites (N-methyl/N-ethyl adjacent to an activating group) is 1. The van der Waals surface area contributed by atoms with Gasteiger partial charge >= 0.3 is 0 Å². The molecule has 0 spiro atoms. The number of hydrogen-bond acceptors (Lipinski definition) is 4. The smallest absolute Gasteiger partial charge is 0.243 e. The lowest BCUT2D eigenvalue weighted by atomic mass is 10.1. The summed E-state index contributed by atoms with van der Waals surface area (Å²) in [6, 6.07) is 7.87. The SMILES string of the molecule is CCN(CC(=O)NC(C)C)C(=O)Cn1c(-c2cccc(C)c2)n[nH]c1=S. The predicted molar refractivity (Wildman–Crippen MR) is 103 cm³/mol. The number of amides is 2. The topological polar surface area (TPSA) is 83.0 Å². The number of benzene rings is 1. The standard InChI is InChI=1S/C18H25N5O2S/c1-5-22(10-15(24)19-12(2)3)16(25)11-23-17(20-21-18(23)26)14-8-6-7-13(4)9-14/h6-9,12H,5,10-11H2,1-4H3,(H,19,24)(H,21,26). The van der Waals surface area contributed by atoms with Crippen molar-refractivity contribution in [2.45, 2.75) is 40.3 Å². The van der Waals surface area contributed by atoms with Crippen molar-refractivity contribution >= 4 is 24.0 Å². The molecular weight excluding hydrogens is 350 g/mol. The molecule has 1 heterocycles. The van der Waals surface area contributed by atoms with Gasteiger partial charge in [0.25, 0.3) is 0 Å². The monoisotopic (exact) mass is 375 g/mol. The molecule has 0 aliphatic heterocycles. The summed E-state index contributed by atoms with van der Waals surface area (Å²) in [5.41, 5.74) is 1.97. The zero-order valence-corrected chi connectivity index (χ0v) is 16.4. The number of hydrogen-bond donors (Lipinski definition) is 2. The van der Waals surface area contributed by atoms with Crippen LogP contribution in [0.4, 0.5) is 0 Å². The average Bonchev–Trinajstić information content (AvgIpc) is 2.92. The van der Waals surface area contributed by atoms with Gasteiger partial charge in [0, 0.05) is 18.2 Å². The lowest BCUT2D eigenvalue weighted by molar-refractivity contribution is -0.136. The number of carbonyl (C=O) groups excluding carboxylic acids is 2. The zero-order chi connectivity index (χ0) is 19.3.